The van der Waals surface area contributed by atoms with Crippen molar-refractivity contribution >= 4 is 39.6 Å². The molecule has 0 aliphatic carbocycles. The third kappa shape index (κ3) is 5.70. The summed E-state index contributed by atoms with van der Waals surface area (Å²) in [4.78, 5) is 22.3. The SMILES string of the molecule is CCOC(=O)/C=C/c1ccc(NC(=O)C(C)Br)cc1. The topological polar surface area (TPSA) is 55.4 Å². The quantitative estimate of drug-likeness (QED) is 0.514. The average Bonchev–Trinajstić information content (AvgIpc) is 2.38. The Morgan fingerprint density at radius 3 is 2.53 bits per heavy atom. The molecule has 1 amide bonds. The summed E-state index contributed by atoms with van der Waals surface area (Å²) in [6.45, 7) is 3.87. The van der Waals surface area contributed by atoms with E-state index < -0.39 is 0 Å². The molecule has 0 spiro atoms. The molecule has 5 heteroatoms. The van der Waals surface area contributed by atoms with Crippen LogP contribution in [0.25, 0.3) is 6.08 Å². The van der Waals surface area contributed by atoms with Gasteiger partial charge in [0.05, 0.1) is 11.4 Å². The Kier molecular flexibility index (Phi) is 6.29. The summed E-state index contributed by atoms with van der Waals surface area (Å²) in [7, 11) is 0. The van der Waals surface area contributed by atoms with E-state index in [0.29, 0.717) is 12.3 Å². The highest BCUT2D eigenvalue weighted by molar-refractivity contribution is 9.10. The number of rotatable bonds is 5. The van der Waals surface area contributed by atoms with Crippen molar-refractivity contribution in [3.05, 3.63) is 35.9 Å². The maximum absolute atomic E-state index is 11.5. The highest BCUT2D eigenvalue weighted by Crippen LogP contribution is 2.12. The first-order chi connectivity index (χ1) is 9.02. The molecule has 0 saturated heterocycles. The highest BCUT2D eigenvalue weighted by Gasteiger charge is 2.07. The van der Waals surface area contributed by atoms with Crippen molar-refractivity contribution in [2.24, 2.45) is 0 Å². The number of halogens is 1. The van der Waals surface area contributed by atoms with E-state index in [2.05, 4.69) is 21.2 Å². The second kappa shape index (κ2) is 7.74. The first kappa shape index (κ1) is 15.4. The lowest BCUT2D eigenvalue weighted by molar-refractivity contribution is -0.137. The zero-order chi connectivity index (χ0) is 14.3. The predicted molar refractivity (Wildman–Crippen MR) is 79.1 cm³/mol. The van der Waals surface area contributed by atoms with Crippen molar-refractivity contribution in [3.63, 3.8) is 0 Å². The molecule has 0 aliphatic heterocycles. The molecule has 19 heavy (non-hydrogen) atoms. The van der Waals surface area contributed by atoms with E-state index in [1.54, 1.807) is 32.1 Å². The van der Waals surface area contributed by atoms with Gasteiger partial charge in [0.15, 0.2) is 0 Å². The minimum Gasteiger partial charge on any atom is -0.463 e. The van der Waals surface area contributed by atoms with Gasteiger partial charge in [0, 0.05) is 11.8 Å². The molecular formula is C14H16BrNO3. The standard InChI is InChI=1S/C14H16BrNO3/c1-3-19-13(17)9-6-11-4-7-12(8-5-11)16-14(18)10(2)15/h4-10H,3H2,1-2H3,(H,16,18)/b9-6+. The van der Waals surface area contributed by atoms with E-state index in [9.17, 15) is 9.59 Å². The maximum atomic E-state index is 11.5. The molecule has 0 fully saturated rings. The Hall–Kier alpha value is -1.62. The number of hydrogen-bond donors (Lipinski definition) is 1. The van der Waals surface area contributed by atoms with Gasteiger partial charge in [-0.25, -0.2) is 4.79 Å². The van der Waals surface area contributed by atoms with Crippen LogP contribution in [0.2, 0.25) is 0 Å². The van der Waals surface area contributed by atoms with Gasteiger partial charge in [-0.3, -0.25) is 4.79 Å². The summed E-state index contributed by atoms with van der Waals surface area (Å²) < 4.78 is 4.78. The molecule has 1 unspecified atom stereocenters. The van der Waals surface area contributed by atoms with Crippen LogP contribution in [0.1, 0.15) is 19.4 Å². The van der Waals surface area contributed by atoms with Crippen LogP contribution >= 0.6 is 15.9 Å². The predicted octanol–water partition coefficient (Wildman–Crippen LogP) is 2.98. The summed E-state index contributed by atoms with van der Waals surface area (Å²) in [5, 5.41) is 2.75. The lowest BCUT2D eigenvalue weighted by Crippen LogP contribution is -2.19. The Labute approximate surface area is 121 Å². The van der Waals surface area contributed by atoms with E-state index >= 15 is 0 Å². The number of benzene rings is 1. The number of anilines is 1. The third-order valence-electron chi connectivity index (χ3n) is 2.24. The van der Waals surface area contributed by atoms with Gasteiger partial charge in [0.25, 0.3) is 0 Å². The van der Waals surface area contributed by atoms with Gasteiger partial charge in [-0.05, 0) is 37.6 Å². The molecule has 0 radical (unpaired) electrons. The smallest absolute Gasteiger partial charge is 0.330 e. The molecule has 1 N–H and O–H groups in total. The molecule has 0 saturated carbocycles. The van der Waals surface area contributed by atoms with Crippen LogP contribution < -0.4 is 5.32 Å². The van der Waals surface area contributed by atoms with Gasteiger partial charge in [0.1, 0.15) is 0 Å². The Bertz CT molecular complexity index is 466. The summed E-state index contributed by atoms with van der Waals surface area (Å²) in [5.41, 5.74) is 1.57. The van der Waals surface area contributed by atoms with Crippen molar-refractivity contribution in [1.29, 1.82) is 0 Å². The van der Waals surface area contributed by atoms with Crippen molar-refractivity contribution in [2.45, 2.75) is 18.7 Å². The van der Waals surface area contributed by atoms with Crippen molar-refractivity contribution in [3.8, 4) is 0 Å². The zero-order valence-electron chi connectivity index (χ0n) is 10.9. The van der Waals surface area contributed by atoms with E-state index in [-0.39, 0.29) is 16.7 Å². The number of esters is 1. The normalized spacial score (nSPS) is 12.2. The monoisotopic (exact) mass is 325 g/mol. The minimum absolute atomic E-state index is 0.102. The number of carbonyl (C=O) groups excluding carboxylic acids is 2. The lowest BCUT2D eigenvalue weighted by Gasteiger charge is -2.06. The molecule has 1 aromatic carbocycles. The average molecular weight is 326 g/mol. The van der Waals surface area contributed by atoms with Crippen LogP contribution in [-0.2, 0) is 14.3 Å². The van der Waals surface area contributed by atoms with Crippen molar-refractivity contribution in [1.82, 2.24) is 0 Å². The van der Waals surface area contributed by atoms with Crippen LogP contribution in [0.4, 0.5) is 5.69 Å². The fraction of sp³-hybridized carbons (Fsp3) is 0.286. The van der Waals surface area contributed by atoms with Gasteiger partial charge in [-0.15, -0.1) is 0 Å². The zero-order valence-corrected chi connectivity index (χ0v) is 12.4. The van der Waals surface area contributed by atoms with Gasteiger partial charge >= 0.3 is 5.97 Å². The number of ether oxygens (including phenoxy) is 1. The first-order valence-electron chi connectivity index (χ1n) is 5.92. The second-order valence-corrected chi connectivity index (χ2v) is 5.19. The summed E-state index contributed by atoms with van der Waals surface area (Å²) in [6.07, 6.45) is 3.04. The minimum atomic E-state index is -0.368. The van der Waals surface area contributed by atoms with E-state index in [1.165, 1.54) is 6.08 Å². The fourth-order valence-electron chi connectivity index (χ4n) is 1.27. The van der Waals surface area contributed by atoms with Crippen LogP contribution in [0.3, 0.4) is 0 Å². The number of hydrogen-bond acceptors (Lipinski definition) is 3. The number of carbonyl (C=O) groups is 2. The Morgan fingerprint density at radius 2 is 2.00 bits per heavy atom. The molecule has 1 rings (SSSR count). The van der Waals surface area contributed by atoms with Gasteiger partial charge < -0.3 is 10.1 Å². The van der Waals surface area contributed by atoms with E-state index in [0.717, 1.165) is 5.56 Å². The second-order valence-electron chi connectivity index (χ2n) is 3.81. The number of amides is 1. The highest BCUT2D eigenvalue weighted by atomic mass is 79.9. The van der Waals surface area contributed by atoms with Gasteiger partial charge in [-0.2, -0.15) is 0 Å². The third-order valence-corrected chi connectivity index (χ3v) is 2.65. The summed E-state index contributed by atoms with van der Waals surface area (Å²) in [5.74, 6) is -0.470. The summed E-state index contributed by atoms with van der Waals surface area (Å²) >= 11 is 3.19. The molecule has 1 atom stereocenters. The van der Waals surface area contributed by atoms with E-state index in [1.807, 2.05) is 12.1 Å². The fourth-order valence-corrected chi connectivity index (χ4v) is 1.39. The largest absolute Gasteiger partial charge is 0.463 e. The van der Waals surface area contributed by atoms with Crippen LogP contribution in [0.15, 0.2) is 30.3 Å². The molecular weight excluding hydrogens is 310 g/mol. The molecule has 0 aromatic heterocycles. The number of nitrogens with one attached hydrogen (secondary N) is 1. The lowest BCUT2D eigenvalue weighted by atomic mass is 10.2. The van der Waals surface area contributed by atoms with Crippen LogP contribution in [-0.4, -0.2) is 23.3 Å². The van der Waals surface area contributed by atoms with Gasteiger partial charge in [-0.1, -0.05) is 28.1 Å². The van der Waals surface area contributed by atoms with E-state index in [4.69, 9.17) is 4.74 Å². The maximum Gasteiger partial charge on any atom is 0.330 e. The summed E-state index contributed by atoms with van der Waals surface area (Å²) in [6, 6.07) is 7.17. The molecule has 0 aliphatic rings. The Morgan fingerprint density at radius 1 is 1.37 bits per heavy atom. The van der Waals surface area contributed by atoms with Crippen LogP contribution in [0.5, 0.6) is 0 Å². The van der Waals surface area contributed by atoms with Crippen LogP contribution in [0, 0.1) is 0 Å². The van der Waals surface area contributed by atoms with Gasteiger partial charge in [0.2, 0.25) is 5.91 Å². The molecule has 102 valence electrons. The Balaban J connectivity index is 2.61. The first-order valence-corrected chi connectivity index (χ1v) is 6.84. The van der Waals surface area contributed by atoms with Crippen molar-refractivity contribution < 1.29 is 14.3 Å². The molecule has 0 bridgehead atoms. The molecule has 1 aromatic rings. The number of alkyl halides is 1. The molecule has 4 nitrogen and oxygen atoms in total. The molecule has 0 heterocycles. The van der Waals surface area contributed by atoms with Crippen molar-refractivity contribution in [2.75, 3.05) is 11.9 Å².